The maximum Gasteiger partial charge on any atom is 0.343 e. The number of amidine groups is 1. The van der Waals surface area contributed by atoms with E-state index in [0.717, 1.165) is 11.8 Å². The number of ether oxygens (including phenoxy) is 2. The van der Waals surface area contributed by atoms with Crippen molar-refractivity contribution in [1.29, 1.82) is 0 Å². The zero-order chi connectivity index (χ0) is 22.4. The molecule has 2 aromatic rings. The number of carbonyl (C=O) groups is 3. The fraction of sp³-hybridized carbons (Fsp3) is 0.150. The largest absolute Gasteiger partial charge is 0.493 e. The maximum absolute atomic E-state index is 12.3. The van der Waals surface area contributed by atoms with Gasteiger partial charge in [0.05, 0.1) is 29.8 Å². The van der Waals surface area contributed by atoms with Gasteiger partial charge in [0, 0.05) is 0 Å². The van der Waals surface area contributed by atoms with Gasteiger partial charge in [-0.15, -0.1) is 5.10 Å². The quantitative estimate of drug-likeness (QED) is 0.256. The fourth-order valence-corrected chi connectivity index (χ4v) is 3.99. The number of amides is 1. The topological polar surface area (TPSA) is 127 Å². The number of methoxy groups -OCH3 is 1. The summed E-state index contributed by atoms with van der Waals surface area (Å²) >= 11 is 4.37. The third-order valence-electron chi connectivity index (χ3n) is 3.95. The van der Waals surface area contributed by atoms with Crippen molar-refractivity contribution in [3.05, 3.63) is 58.1 Å². The van der Waals surface area contributed by atoms with Crippen molar-refractivity contribution in [2.75, 3.05) is 7.11 Å². The molecule has 3 rings (SSSR count). The highest BCUT2D eigenvalue weighted by Gasteiger charge is 2.32. The van der Waals surface area contributed by atoms with Crippen LogP contribution in [0.25, 0.3) is 0 Å². The Morgan fingerprint density at radius 1 is 1.29 bits per heavy atom. The molecule has 1 fully saturated rings. The maximum atomic E-state index is 12.3. The number of carboxylic acid groups (broad SMARTS) is 1. The van der Waals surface area contributed by atoms with Crippen LogP contribution in [0.2, 0.25) is 0 Å². The summed E-state index contributed by atoms with van der Waals surface area (Å²) < 4.78 is 11.3. The number of rotatable bonds is 7. The molecule has 11 heteroatoms. The zero-order valence-electron chi connectivity index (χ0n) is 16.1. The molecule has 0 saturated carbocycles. The first-order valence-corrected chi connectivity index (χ1v) is 10.5. The van der Waals surface area contributed by atoms with Gasteiger partial charge in [-0.2, -0.15) is 5.10 Å². The number of nitrogens with zero attached hydrogens (tertiary/aromatic N) is 2. The Bertz CT molecular complexity index is 1070. The lowest BCUT2D eigenvalue weighted by Gasteiger charge is -2.12. The van der Waals surface area contributed by atoms with Gasteiger partial charge in [0.15, 0.2) is 16.7 Å². The molecule has 1 aliphatic rings. The van der Waals surface area contributed by atoms with Crippen molar-refractivity contribution in [2.24, 2.45) is 10.2 Å². The van der Waals surface area contributed by atoms with Crippen LogP contribution in [0.5, 0.6) is 11.5 Å². The molecule has 1 saturated heterocycles. The molecule has 1 unspecified atom stereocenters. The molecule has 31 heavy (non-hydrogen) atoms. The Labute approximate surface area is 189 Å². The first-order valence-electron chi connectivity index (χ1n) is 8.82. The van der Waals surface area contributed by atoms with E-state index in [1.54, 1.807) is 42.5 Å². The molecule has 160 valence electrons. The minimum absolute atomic E-state index is 0.215. The Hall–Kier alpha value is -3.18. The highest BCUT2D eigenvalue weighted by atomic mass is 79.9. The van der Waals surface area contributed by atoms with Gasteiger partial charge in [0.25, 0.3) is 0 Å². The Balaban J connectivity index is 1.73. The van der Waals surface area contributed by atoms with Gasteiger partial charge in [0.2, 0.25) is 5.91 Å². The predicted molar refractivity (Wildman–Crippen MR) is 119 cm³/mol. The second kappa shape index (κ2) is 10.2. The number of nitrogens with one attached hydrogen (secondary N) is 1. The lowest BCUT2D eigenvalue weighted by molar-refractivity contribution is -0.138. The smallest absolute Gasteiger partial charge is 0.343 e. The summed E-state index contributed by atoms with van der Waals surface area (Å²) in [5.41, 5.74) is 0.985. The first-order chi connectivity index (χ1) is 14.9. The van der Waals surface area contributed by atoms with Crippen LogP contribution < -0.4 is 14.8 Å². The molecule has 9 nitrogen and oxygen atoms in total. The average molecular weight is 506 g/mol. The van der Waals surface area contributed by atoms with E-state index in [1.807, 2.05) is 0 Å². The van der Waals surface area contributed by atoms with Gasteiger partial charge < -0.3 is 19.9 Å². The summed E-state index contributed by atoms with van der Waals surface area (Å²) in [6, 6.07) is 11.8. The van der Waals surface area contributed by atoms with Crippen molar-refractivity contribution >= 4 is 56.9 Å². The normalized spacial score (nSPS) is 17.0. The number of hydrogen-bond donors (Lipinski definition) is 2. The molecule has 1 aliphatic heterocycles. The molecule has 1 heterocycles. The predicted octanol–water partition coefficient (Wildman–Crippen LogP) is 3.07. The summed E-state index contributed by atoms with van der Waals surface area (Å²) in [5.74, 6) is -1.50. The van der Waals surface area contributed by atoms with E-state index in [4.69, 9.17) is 14.6 Å². The molecule has 0 bridgehead atoms. The summed E-state index contributed by atoms with van der Waals surface area (Å²) in [5, 5.41) is 18.6. The van der Waals surface area contributed by atoms with Gasteiger partial charge in [-0.3, -0.25) is 9.59 Å². The monoisotopic (exact) mass is 505 g/mol. The lowest BCUT2D eigenvalue weighted by atomic mass is 10.2. The van der Waals surface area contributed by atoms with Gasteiger partial charge in [-0.25, -0.2) is 4.79 Å². The number of benzene rings is 2. The molecule has 0 aliphatic carbocycles. The van der Waals surface area contributed by atoms with Crippen molar-refractivity contribution in [1.82, 2.24) is 5.32 Å². The van der Waals surface area contributed by atoms with E-state index in [2.05, 4.69) is 31.4 Å². The average Bonchev–Trinajstić information content (AvgIpc) is 3.08. The van der Waals surface area contributed by atoms with E-state index >= 15 is 0 Å². The summed E-state index contributed by atoms with van der Waals surface area (Å²) in [7, 11) is 1.44. The van der Waals surface area contributed by atoms with Gasteiger partial charge in [-0.05, 0) is 45.8 Å². The van der Waals surface area contributed by atoms with Crippen LogP contribution in [-0.2, 0) is 9.59 Å². The van der Waals surface area contributed by atoms with Gasteiger partial charge >= 0.3 is 11.9 Å². The number of esters is 1. The van der Waals surface area contributed by atoms with Crippen LogP contribution in [0, 0.1) is 0 Å². The standard InChI is InChI=1S/C20H16BrN3O6S/c1-29-14-8-11(10-22-24-20-23-18(27)15(31-20)9-16(25)26)7-13(21)17(14)30-19(28)12-5-3-2-4-6-12/h2-8,10,15H,9H2,1H3,(H,25,26)(H,23,24,27). The number of carboxylic acids is 1. The van der Waals surface area contributed by atoms with E-state index in [-0.39, 0.29) is 17.3 Å². The fourth-order valence-electron chi connectivity index (χ4n) is 2.53. The third kappa shape index (κ3) is 5.92. The molecular weight excluding hydrogens is 490 g/mol. The molecule has 2 N–H and O–H groups in total. The Kier molecular flexibility index (Phi) is 7.42. The van der Waals surface area contributed by atoms with E-state index in [1.165, 1.54) is 13.3 Å². The highest BCUT2D eigenvalue weighted by molar-refractivity contribution is 9.10. The molecular formula is C20H16BrN3O6S. The number of carbonyl (C=O) groups excluding carboxylic acids is 2. The van der Waals surface area contributed by atoms with E-state index in [9.17, 15) is 14.4 Å². The summed E-state index contributed by atoms with van der Waals surface area (Å²) in [4.78, 5) is 34.8. The van der Waals surface area contributed by atoms with Gasteiger partial charge in [-0.1, -0.05) is 30.0 Å². The second-order valence-electron chi connectivity index (χ2n) is 6.13. The summed E-state index contributed by atoms with van der Waals surface area (Å²) in [6.07, 6.45) is 1.12. The first kappa shape index (κ1) is 22.5. The molecule has 2 aromatic carbocycles. The molecule has 1 amide bonds. The molecule has 0 aromatic heterocycles. The minimum atomic E-state index is -1.07. The number of halogens is 1. The number of hydrogen-bond acceptors (Lipinski definition) is 8. The van der Waals surface area contributed by atoms with Crippen molar-refractivity contribution in [3.63, 3.8) is 0 Å². The van der Waals surface area contributed by atoms with Gasteiger partial charge in [0.1, 0.15) is 5.25 Å². The van der Waals surface area contributed by atoms with Crippen molar-refractivity contribution in [2.45, 2.75) is 11.7 Å². The van der Waals surface area contributed by atoms with Crippen LogP contribution in [0.15, 0.2) is 57.1 Å². The molecule has 0 spiro atoms. The van der Waals surface area contributed by atoms with Crippen LogP contribution in [0.4, 0.5) is 0 Å². The molecule has 1 atom stereocenters. The Morgan fingerprint density at radius 3 is 2.71 bits per heavy atom. The highest BCUT2D eigenvalue weighted by Crippen LogP contribution is 2.37. The lowest BCUT2D eigenvalue weighted by Crippen LogP contribution is -2.26. The van der Waals surface area contributed by atoms with Crippen LogP contribution >= 0.6 is 27.7 Å². The minimum Gasteiger partial charge on any atom is -0.493 e. The summed E-state index contributed by atoms with van der Waals surface area (Å²) in [6.45, 7) is 0. The van der Waals surface area contributed by atoms with E-state index in [0.29, 0.717) is 21.3 Å². The molecule has 0 radical (unpaired) electrons. The van der Waals surface area contributed by atoms with Crippen LogP contribution in [-0.4, -0.2) is 46.7 Å². The number of thioether (sulfide) groups is 1. The van der Waals surface area contributed by atoms with E-state index < -0.39 is 23.1 Å². The number of aliphatic carboxylic acids is 1. The SMILES string of the molecule is COc1cc(C=NN=C2NC(=O)C(CC(=O)O)S2)cc(Br)c1OC(=O)c1ccccc1. The van der Waals surface area contributed by atoms with Crippen LogP contribution in [0.3, 0.4) is 0 Å². The van der Waals surface area contributed by atoms with Crippen molar-refractivity contribution in [3.8, 4) is 11.5 Å². The van der Waals surface area contributed by atoms with Crippen LogP contribution in [0.1, 0.15) is 22.3 Å². The van der Waals surface area contributed by atoms with Crippen molar-refractivity contribution < 1.29 is 29.0 Å². The third-order valence-corrected chi connectivity index (χ3v) is 5.61. The second-order valence-corrected chi connectivity index (χ2v) is 8.18. The zero-order valence-corrected chi connectivity index (χ0v) is 18.5. The Morgan fingerprint density at radius 2 is 2.03 bits per heavy atom.